The van der Waals surface area contributed by atoms with Crippen molar-refractivity contribution in [3.63, 3.8) is 0 Å². The molecule has 174 valence electrons. The van der Waals surface area contributed by atoms with E-state index in [0.29, 0.717) is 17.9 Å². The molecule has 3 atom stereocenters. The molecule has 0 saturated carbocycles. The molecule has 4 aromatic rings. The van der Waals surface area contributed by atoms with Gasteiger partial charge in [0.05, 0.1) is 24.9 Å². The third-order valence-corrected chi connectivity index (χ3v) is 6.75. The van der Waals surface area contributed by atoms with Crippen LogP contribution in [0.1, 0.15) is 18.5 Å². The summed E-state index contributed by atoms with van der Waals surface area (Å²) in [6.45, 7) is 3.55. The first-order chi connectivity index (χ1) is 16.6. The Morgan fingerprint density at radius 1 is 1.06 bits per heavy atom. The van der Waals surface area contributed by atoms with Gasteiger partial charge in [-0.15, -0.1) is 0 Å². The van der Waals surface area contributed by atoms with E-state index in [2.05, 4.69) is 55.5 Å². The fraction of sp³-hybridized carbons (Fsp3) is 0.360. The molecule has 2 saturated heterocycles. The zero-order chi connectivity index (χ0) is 23.1. The second-order valence-corrected chi connectivity index (χ2v) is 9.08. The van der Waals surface area contributed by atoms with Crippen molar-refractivity contribution < 1.29 is 9.47 Å². The van der Waals surface area contributed by atoms with Crippen LogP contribution in [0.4, 0.5) is 11.6 Å². The number of pyridine rings is 2. The van der Waals surface area contributed by atoms with E-state index in [-0.39, 0.29) is 6.10 Å². The highest BCUT2D eigenvalue weighted by Gasteiger charge is 2.38. The van der Waals surface area contributed by atoms with Gasteiger partial charge in [-0.05, 0) is 43.8 Å². The molecule has 2 aliphatic rings. The Labute approximate surface area is 197 Å². The van der Waals surface area contributed by atoms with Gasteiger partial charge in [0.15, 0.2) is 5.82 Å². The monoisotopic (exact) mass is 457 g/mol. The van der Waals surface area contributed by atoms with Gasteiger partial charge in [-0.3, -0.25) is 9.88 Å². The largest absolute Gasteiger partial charge is 0.488 e. The summed E-state index contributed by atoms with van der Waals surface area (Å²) >= 11 is 0. The molecule has 0 aromatic carbocycles. The van der Waals surface area contributed by atoms with Crippen molar-refractivity contribution in [3.8, 4) is 16.9 Å². The smallest absolute Gasteiger partial charge is 0.154 e. The molecule has 34 heavy (non-hydrogen) atoms. The summed E-state index contributed by atoms with van der Waals surface area (Å²) in [6, 6.07) is 10.9. The Morgan fingerprint density at radius 2 is 1.91 bits per heavy atom. The minimum atomic E-state index is 0.153. The predicted octanol–water partition coefficient (Wildman–Crippen LogP) is 3.48. The van der Waals surface area contributed by atoms with Crippen LogP contribution in [-0.2, 0) is 4.74 Å². The van der Waals surface area contributed by atoms with Crippen molar-refractivity contribution >= 4 is 17.2 Å². The highest BCUT2D eigenvalue weighted by molar-refractivity contribution is 5.75. The number of aryl methyl sites for hydroxylation is 1. The van der Waals surface area contributed by atoms with Crippen molar-refractivity contribution in [1.82, 2.24) is 29.5 Å². The number of rotatable bonds is 5. The maximum atomic E-state index is 6.58. The molecular weight excluding hydrogens is 430 g/mol. The van der Waals surface area contributed by atoms with Crippen molar-refractivity contribution in [2.24, 2.45) is 0 Å². The Bertz CT molecular complexity index is 1300. The van der Waals surface area contributed by atoms with Crippen LogP contribution in [0.15, 0.2) is 55.2 Å². The lowest BCUT2D eigenvalue weighted by molar-refractivity contribution is -0.0879. The molecule has 1 N–H and O–H groups in total. The van der Waals surface area contributed by atoms with E-state index in [1.807, 2.05) is 36.0 Å². The molecular formula is C25H27N7O2. The number of fused-ring (bicyclic) bond motifs is 3. The number of nitrogens with zero attached hydrogens (tertiary/aromatic N) is 6. The van der Waals surface area contributed by atoms with Crippen LogP contribution in [0.2, 0.25) is 0 Å². The molecule has 6 heterocycles. The quantitative estimate of drug-likeness (QED) is 0.487. The van der Waals surface area contributed by atoms with E-state index in [0.717, 1.165) is 60.0 Å². The van der Waals surface area contributed by atoms with Gasteiger partial charge in [-0.25, -0.2) is 14.5 Å². The average Bonchev–Trinajstić information content (AvgIpc) is 3.23. The van der Waals surface area contributed by atoms with Crippen molar-refractivity contribution in [2.45, 2.75) is 38.0 Å². The molecule has 9 heteroatoms. The number of morpholine rings is 1. The molecule has 0 radical (unpaired) electrons. The van der Waals surface area contributed by atoms with E-state index in [4.69, 9.17) is 9.47 Å². The number of piperidine rings is 1. The van der Waals surface area contributed by atoms with Gasteiger partial charge in [0.2, 0.25) is 0 Å². The second kappa shape index (κ2) is 8.66. The van der Waals surface area contributed by atoms with Crippen molar-refractivity contribution in [3.05, 3.63) is 60.9 Å². The molecule has 4 aromatic heterocycles. The number of anilines is 2. The maximum Gasteiger partial charge on any atom is 0.154 e. The lowest BCUT2D eigenvalue weighted by Crippen LogP contribution is -2.57. The third kappa shape index (κ3) is 4.08. The molecule has 2 fully saturated rings. The highest BCUT2D eigenvalue weighted by Crippen LogP contribution is 2.35. The SMILES string of the molecule is Cc1cc(-c2ccn3nc(Nc4ccncn4)cc3c2)c(O[C@H]2C[C@H]3COC[C@@H](C2)N3C)cn1. The van der Waals surface area contributed by atoms with Gasteiger partial charge < -0.3 is 14.8 Å². The van der Waals surface area contributed by atoms with Crippen molar-refractivity contribution in [2.75, 3.05) is 25.6 Å². The van der Waals surface area contributed by atoms with Gasteiger partial charge in [0, 0.05) is 54.6 Å². The maximum absolute atomic E-state index is 6.58. The van der Waals surface area contributed by atoms with Gasteiger partial charge in [-0.1, -0.05) is 0 Å². The van der Waals surface area contributed by atoms with E-state index in [1.165, 1.54) is 6.33 Å². The number of ether oxygens (including phenoxy) is 2. The molecule has 2 bridgehead atoms. The molecule has 0 aliphatic carbocycles. The third-order valence-electron chi connectivity index (χ3n) is 6.75. The lowest BCUT2D eigenvalue weighted by Gasteiger charge is -2.46. The summed E-state index contributed by atoms with van der Waals surface area (Å²) < 4.78 is 14.2. The molecule has 2 aliphatic heterocycles. The van der Waals surface area contributed by atoms with Crippen LogP contribution in [0.25, 0.3) is 16.6 Å². The molecule has 0 amide bonds. The Kier molecular flexibility index (Phi) is 5.35. The summed E-state index contributed by atoms with van der Waals surface area (Å²) in [5.74, 6) is 2.24. The van der Waals surface area contributed by atoms with Gasteiger partial charge >= 0.3 is 0 Å². The van der Waals surface area contributed by atoms with E-state index >= 15 is 0 Å². The molecule has 6 rings (SSSR count). The fourth-order valence-electron chi connectivity index (χ4n) is 4.91. The number of hydrogen-bond donors (Lipinski definition) is 1. The predicted molar refractivity (Wildman–Crippen MR) is 128 cm³/mol. The topological polar surface area (TPSA) is 89.7 Å². The van der Waals surface area contributed by atoms with Crippen LogP contribution in [0.5, 0.6) is 5.75 Å². The number of aromatic nitrogens is 5. The molecule has 0 spiro atoms. The number of likely N-dealkylation sites (N-methyl/N-ethyl adjacent to an activating group) is 1. The first-order valence-electron chi connectivity index (χ1n) is 11.6. The molecule has 0 unspecified atom stereocenters. The Balaban J connectivity index is 1.28. The summed E-state index contributed by atoms with van der Waals surface area (Å²) in [5, 5.41) is 7.82. The van der Waals surface area contributed by atoms with E-state index < -0.39 is 0 Å². The Morgan fingerprint density at radius 3 is 2.71 bits per heavy atom. The summed E-state index contributed by atoms with van der Waals surface area (Å²) in [7, 11) is 2.20. The van der Waals surface area contributed by atoms with Crippen LogP contribution in [-0.4, -0.2) is 67.9 Å². The van der Waals surface area contributed by atoms with Crippen LogP contribution in [0.3, 0.4) is 0 Å². The highest BCUT2D eigenvalue weighted by atomic mass is 16.5. The van der Waals surface area contributed by atoms with Gasteiger partial charge in [0.25, 0.3) is 0 Å². The van der Waals surface area contributed by atoms with Crippen LogP contribution in [0, 0.1) is 6.92 Å². The average molecular weight is 458 g/mol. The first kappa shape index (κ1) is 21.0. The van der Waals surface area contributed by atoms with E-state index in [9.17, 15) is 0 Å². The first-order valence-corrected chi connectivity index (χ1v) is 11.6. The standard InChI is InChI=1S/C25H27N7O2/c1-16-7-22(23(12-27-16)34-21-9-19-13-33-14-20(10-21)31(19)2)17-4-6-32-18(8-17)11-25(30-32)29-24-3-5-26-15-28-24/h3-8,11-12,15,19-21H,9-10,13-14H2,1-2H3,(H,26,28,29,30)/t19-,20+,21-. The fourth-order valence-corrected chi connectivity index (χ4v) is 4.91. The van der Waals surface area contributed by atoms with Gasteiger partial charge in [-0.2, -0.15) is 5.10 Å². The van der Waals surface area contributed by atoms with Gasteiger partial charge in [0.1, 0.15) is 24.0 Å². The zero-order valence-electron chi connectivity index (χ0n) is 19.3. The minimum absolute atomic E-state index is 0.153. The number of hydrogen-bond acceptors (Lipinski definition) is 8. The minimum Gasteiger partial charge on any atom is -0.488 e. The lowest BCUT2D eigenvalue weighted by atomic mass is 9.92. The van der Waals surface area contributed by atoms with Crippen LogP contribution >= 0.6 is 0 Å². The normalized spacial score (nSPS) is 22.6. The zero-order valence-corrected chi connectivity index (χ0v) is 19.3. The second-order valence-electron chi connectivity index (χ2n) is 9.08. The molecule has 9 nitrogen and oxygen atoms in total. The van der Waals surface area contributed by atoms with E-state index in [1.54, 1.807) is 6.20 Å². The summed E-state index contributed by atoms with van der Waals surface area (Å²) in [6.07, 6.45) is 9.10. The van der Waals surface area contributed by atoms with Crippen molar-refractivity contribution in [1.29, 1.82) is 0 Å². The Hall–Kier alpha value is -3.56. The summed E-state index contributed by atoms with van der Waals surface area (Å²) in [4.78, 5) is 15.1. The van der Waals surface area contributed by atoms with Crippen LogP contribution < -0.4 is 10.1 Å². The summed E-state index contributed by atoms with van der Waals surface area (Å²) in [5.41, 5.74) is 4.04. The number of nitrogens with one attached hydrogen (secondary N) is 1.